The van der Waals surface area contributed by atoms with E-state index in [1.807, 2.05) is 13.0 Å². The van der Waals surface area contributed by atoms with Gasteiger partial charge in [-0.2, -0.15) is 0 Å². The number of ether oxygens (including phenoxy) is 2. The third kappa shape index (κ3) is 4.12. The zero-order valence-electron chi connectivity index (χ0n) is 21.4. The Labute approximate surface area is 199 Å². The Morgan fingerprint density at radius 1 is 1.21 bits per heavy atom. The van der Waals surface area contributed by atoms with Crippen molar-refractivity contribution in [3.8, 4) is 0 Å². The molecule has 2 fully saturated rings. The second kappa shape index (κ2) is 9.07. The Balaban J connectivity index is 1.66. The van der Waals surface area contributed by atoms with Gasteiger partial charge in [-0.15, -0.1) is 0 Å². The molecule has 4 aliphatic rings. The molecule has 4 nitrogen and oxygen atoms in total. The first-order chi connectivity index (χ1) is 15.6. The molecule has 0 aliphatic heterocycles. The summed E-state index contributed by atoms with van der Waals surface area (Å²) in [6, 6.07) is 0. The lowest BCUT2D eigenvalue weighted by Crippen LogP contribution is -2.56. The quantitative estimate of drug-likeness (QED) is 0.273. The van der Waals surface area contributed by atoms with E-state index in [4.69, 9.17) is 9.47 Å². The summed E-state index contributed by atoms with van der Waals surface area (Å²) < 4.78 is 11.2. The van der Waals surface area contributed by atoms with E-state index >= 15 is 0 Å². The summed E-state index contributed by atoms with van der Waals surface area (Å²) in [6.45, 7) is 13.1. The average Bonchev–Trinajstić information content (AvgIpc) is 3.11. The highest BCUT2D eigenvalue weighted by atomic mass is 16.5. The second-order valence-electron chi connectivity index (χ2n) is 11.5. The fourth-order valence-corrected chi connectivity index (χ4v) is 7.97. The van der Waals surface area contributed by atoms with Crippen LogP contribution >= 0.6 is 0 Å². The van der Waals surface area contributed by atoms with E-state index in [9.17, 15) is 9.59 Å². The maximum absolute atomic E-state index is 12.2. The molecule has 0 radical (unpaired) electrons. The van der Waals surface area contributed by atoms with Crippen LogP contribution in [0.25, 0.3) is 0 Å². The molecule has 0 heterocycles. The van der Waals surface area contributed by atoms with Crippen LogP contribution in [0.3, 0.4) is 0 Å². The topological polar surface area (TPSA) is 52.6 Å². The second-order valence-corrected chi connectivity index (χ2v) is 11.5. The van der Waals surface area contributed by atoms with Gasteiger partial charge in [0.2, 0.25) is 0 Å². The molecule has 182 valence electrons. The summed E-state index contributed by atoms with van der Waals surface area (Å²) >= 11 is 0. The largest absolute Gasteiger partial charge is 0.463 e. The van der Waals surface area contributed by atoms with Crippen molar-refractivity contribution in [1.29, 1.82) is 0 Å². The number of carbonyl (C=O) groups is 2. The van der Waals surface area contributed by atoms with Gasteiger partial charge in [0.15, 0.2) is 0 Å². The lowest BCUT2D eigenvalue weighted by atomic mass is 9.46. The van der Waals surface area contributed by atoms with Gasteiger partial charge in [0.1, 0.15) is 6.10 Å². The third-order valence-corrected chi connectivity index (χ3v) is 9.67. The molecule has 0 unspecified atom stereocenters. The molecule has 0 N–H and O–H groups in total. The molecule has 0 aromatic rings. The van der Waals surface area contributed by atoms with Gasteiger partial charge in [0, 0.05) is 18.4 Å². The Kier molecular flexibility index (Phi) is 6.68. The summed E-state index contributed by atoms with van der Waals surface area (Å²) in [7, 11) is 0. The van der Waals surface area contributed by atoms with Crippen molar-refractivity contribution in [2.75, 3.05) is 6.61 Å². The Morgan fingerprint density at radius 3 is 2.67 bits per heavy atom. The van der Waals surface area contributed by atoms with Gasteiger partial charge in [0.25, 0.3) is 0 Å². The molecular formula is C29H42O4. The Morgan fingerprint density at radius 2 is 1.97 bits per heavy atom. The standard InChI is InChI=1S/C29H42O4/c1-7-32-27(31)13-8-19(3)23-11-12-24-22-10-9-21-16-18(2)14-15-28(21,5)25(22)17-26(29(23,24)6)33-20(4)30/h8-9,11,13,18-19,22,24-26H,7,10,12,14-17H2,1-6H3/b13-8+/t18-,19+,22-,24-,25-,26+,28-,29+/m0/s1. The highest BCUT2D eigenvalue weighted by Gasteiger charge is 2.61. The van der Waals surface area contributed by atoms with Crippen LogP contribution in [0.1, 0.15) is 80.1 Å². The van der Waals surface area contributed by atoms with Crippen molar-refractivity contribution in [2.45, 2.75) is 86.2 Å². The number of fused-ring (bicyclic) bond motifs is 5. The van der Waals surface area contributed by atoms with Gasteiger partial charge in [-0.25, -0.2) is 4.79 Å². The maximum Gasteiger partial charge on any atom is 0.330 e. The molecule has 0 amide bonds. The molecule has 0 spiro atoms. The van der Waals surface area contributed by atoms with Gasteiger partial charge in [-0.1, -0.05) is 57.1 Å². The summed E-state index contributed by atoms with van der Waals surface area (Å²) in [6.07, 6.45) is 15.2. The van der Waals surface area contributed by atoms with E-state index in [2.05, 4.69) is 39.8 Å². The molecule has 4 aliphatic carbocycles. The van der Waals surface area contributed by atoms with Crippen molar-refractivity contribution in [1.82, 2.24) is 0 Å². The van der Waals surface area contributed by atoms with Crippen LogP contribution in [0.5, 0.6) is 0 Å². The van der Waals surface area contributed by atoms with Crippen LogP contribution in [0.4, 0.5) is 0 Å². The lowest BCUT2D eigenvalue weighted by Gasteiger charge is -2.60. The maximum atomic E-state index is 12.2. The predicted octanol–water partition coefficient (Wildman–Crippen LogP) is 6.42. The van der Waals surface area contributed by atoms with Crippen LogP contribution in [0, 0.1) is 40.4 Å². The Hall–Kier alpha value is -1.84. The van der Waals surface area contributed by atoms with E-state index in [-0.39, 0.29) is 34.8 Å². The first-order valence-electron chi connectivity index (χ1n) is 13.0. The van der Waals surface area contributed by atoms with Crippen molar-refractivity contribution in [3.63, 3.8) is 0 Å². The number of hydrogen-bond acceptors (Lipinski definition) is 4. The minimum absolute atomic E-state index is 0.0971. The molecule has 0 aromatic carbocycles. The molecule has 8 atom stereocenters. The number of rotatable bonds is 5. The number of hydrogen-bond donors (Lipinski definition) is 0. The fourth-order valence-electron chi connectivity index (χ4n) is 7.97. The lowest BCUT2D eigenvalue weighted by molar-refractivity contribution is -0.168. The monoisotopic (exact) mass is 454 g/mol. The van der Waals surface area contributed by atoms with Crippen LogP contribution < -0.4 is 0 Å². The first kappa shape index (κ1) is 24.3. The molecule has 0 aromatic heterocycles. The molecule has 4 heteroatoms. The van der Waals surface area contributed by atoms with Gasteiger partial charge in [-0.05, 0) is 80.5 Å². The molecule has 0 bridgehead atoms. The van der Waals surface area contributed by atoms with Gasteiger partial charge >= 0.3 is 11.9 Å². The summed E-state index contributed by atoms with van der Waals surface area (Å²) in [5, 5.41) is 0. The van der Waals surface area contributed by atoms with Crippen molar-refractivity contribution >= 4 is 11.9 Å². The van der Waals surface area contributed by atoms with Crippen molar-refractivity contribution < 1.29 is 19.1 Å². The summed E-state index contributed by atoms with van der Waals surface area (Å²) in [5.74, 6) is 2.01. The highest BCUT2D eigenvalue weighted by Crippen LogP contribution is 2.66. The normalized spacial score (nSPS) is 40.7. The van der Waals surface area contributed by atoms with Crippen LogP contribution in [0.15, 0.2) is 35.5 Å². The van der Waals surface area contributed by atoms with E-state index in [1.165, 1.54) is 24.8 Å². The predicted molar refractivity (Wildman–Crippen MR) is 130 cm³/mol. The van der Waals surface area contributed by atoms with Crippen molar-refractivity contribution in [3.05, 3.63) is 35.5 Å². The number of carbonyl (C=O) groups excluding carboxylic acids is 2. The van der Waals surface area contributed by atoms with E-state index in [0.29, 0.717) is 24.4 Å². The first-order valence-corrected chi connectivity index (χ1v) is 13.0. The summed E-state index contributed by atoms with van der Waals surface area (Å²) in [5.41, 5.74) is 3.00. The third-order valence-electron chi connectivity index (χ3n) is 9.67. The molecule has 4 rings (SSSR count). The van der Waals surface area contributed by atoms with Gasteiger partial charge < -0.3 is 9.47 Å². The zero-order valence-corrected chi connectivity index (χ0v) is 21.4. The van der Waals surface area contributed by atoms with E-state index in [1.54, 1.807) is 18.6 Å². The molecular weight excluding hydrogens is 412 g/mol. The SMILES string of the molecule is CCOC(=O)/C=C/[C@@H](C)C1=CC[C@H]2[C@@H]3CC=C4C[C@@H](C)CC[C@]4(C)[C@H]3C[C@@H](OC(C)=O)[C@]12C. The van der Waals surface area contributed by atoms with E-state index in [0.717, 1.165) is 25.2 Å². The summed E-state index contributed by atoms with van der Waals surface area (Å²) in [4.78, 5) is 24.2. The fraction of sp³-hybridized carbons (Fsp3) is 0.724. The highest BCUT2D eigenvalue weighted by molar-refractivity contribution is 5.82. The smallest absolute Gasteiger partial charge is 0.330 e. The molecule has 33 heavy (non-hydrogen) atoms. The molecule has 2 saturated carbocycles. The van der Waals surface area contributed by atoms with E-state index < -0.39 is 0 Å². The minimum atomic E-state index is -0.297. The number of allylic oxidation sites excluding steroid dienone is 4. The van der Waals surface area contributed by atoms with Gasteiger partial charge in [0.05, 0.1) is 6.61 Å². The molecule has 0 saturated heterocycles. The average molecular weight is 455 g/mol. The van der Waals surface area contributed by atoms with Crippen molar-refractivity contribution in [2.24, 2.45) is 40.4 Å². The number of esters is 2. The van der Waals surface area contributed by atoms with Crippen LogP contribution in [-0.2, 0) is 19.1 Å². The van der Waals surface area contributed by atoms with Gasteiger partial charge in [-0.3, -0.25) is 4.79 Å². The van der Waals surface area contributed by atoms with Crippen LogP contribution in [0.2, 0.25) is 0 Å². The van der Waals surface area contributed by atoms with Crippen LogP contribution in [-0.4, -0.2) is 24.6 Å². The Bertz CT molecular complexity index is 882. The zero-order chi connectivity index (χ0) is 24.0. The minimum Gasteiger partial charge on any atom is -0.463 e.